The van der Waals surface area contributed by atoms with Crippen LogP contribution in [0, 0.1) is 5.41 Å². The highest BCUT2D eigenvalue weighted by atomic mass is 16.1. The second-order valence-electron chi connectivity index (χ2n) is 1.74. The number of hydrogen-bond donors (Lipinski definition) is 1. The Kier molecular flexibility index (Phi) is 2.25. The summed E-state index contributed by atoms with van der Waals surface area (Å²) in [6.45, 7) is 0. The normalized spacial score (nSPS) is 8.36. The van der Waals surface area contributed by atoms with E-state index in [9.17, 15) is 4.79 Å². The first-order valence-corrected chi connectivity index (χ1v) is 2.90. The summed E-state index contributed by atoms with van der Waals surface area (Å²) in [5.41, 5.74) is 0.229. The topological polar surface area (TPSA) is 66.7 Å². The fraction of sp³-hybridized carbons (Fsp3) is 0. The monoisotopic (exact) mass is 147 g/mol. The molecule has 0 aliphatic heterocycles. The lowest BCUT2D eigenvalue weighted by atomic mass is 10.3. The number of carbonyl (C=O) groups excluding carboxylic acids is 1. The first kappa shape index (κ1) is 7.31. The van der Waals surface area contributed by atoms with Crippen molar-refractivity contribution in [2.45, 2.75) is 0 Å². The SMILES string of the molecule is N=C=CC(=O)c1cnccn1. The van der Waals surface area contributed by atoms with E-state index in [1.54, 1.807) is 0 Å². The van der Waals surface area contributed by atoms with Crippen molar-refractivity contribution >= 4 is 11.7 Å². The molecule has 1 N–H and O–H groups in total. The molecule has 0 aliphatic rings. The largest absolute Gasteiger partial charge is 0.287 e. The molecule has 0 fully saturated rings. The molecule has 0 amide bonds. The first-order valence-electron chi connectivity index (χ1n) is 2.90. The standard InChI is InChI=1S/C7H5N3O/c8-2-1-7(11)6-5-9-3-4-10-6/h1,3-5,8H. The molecule has 1 aromatic heterocycles. The summed E-state index contributed by atoms with van der Waals surface area (Å²) in [7, 11) is 0. The van der Waals surface area contributed by atoms with Crippen LogP contribution >= 0.6 is 0 Å². The minimum atomic E-state index is -0.354. The van der Waals surface area contributed by atoms with Gasteiger partial charge in [0.05, 0.1) is 6.20 Å². The van der Waals surface area contributed by atoms with Crippen LogP contribution < -0.4 is 0 Å². The van der Waals surface area contributed by atoms with Crippen LogP contribution in [0.2, 0.25) is 0 Å². The second kappa shape index (κ2) is 3.39. The number of nitrogens with one attached hydrogen (secondary N) is 1. The molecule has 0 atom stereocenters. The van der Waals surface area contributed by atoms with E-state index in [2.05, 4.69) is 9.97 Å². The molecule has 0 saturated heterocycles. The van der Waals surface area contributed by atoms with Crippen molar-refractivity contribution in [1.82, 2.24) is 9.97 Å². The van der Waals surface area contributed by atoms with Crippen molar-refractivity contribution in [2.24, 2.45) is 0 Å². The van der Waals surface area contributed by atoms with Gasteiger partial charge in [-0.05, 0) is 5.87 Å². The van der Waals surface area contributed by atoms with Gasteiger partial charge in [-0.3, -0.25) is 15.2 Å². The van der Waals surface area contributed by atoms with E-state index < -0.39 is 0 Å². The van der Waals surface area contributed by atoms with E-state index in [0.29, 0.717) is 0 Å². The second-order valence-corrected chi connectivity index (χ2v) is 1.74. The number of ketones is 1. The summed E-state index contributed by atoms with van der Waals surface area (Å²) in [6, 6.07) is 0. The van der Waals surface area contributed by atoms with Gasteiger partial charge in [0.2, 0.25) is 5.78 Å². The van der Waals surface area contributed by atoms with Crippen molar-refractivity contribution in [3.8, 4) is 0 Å². The molecule has 54 valence electrons. The molecule has 0 saturated carbocycles. The number of aromatic nitrogens is 2. The van der Waals surface area contributed by atoms with Crippen LogP contribution in [-0.2, 0) is 0 Å². The fourth-order valence-corrected chi connectivity index (χ4v) is 0.566. The molecule has 4 nitrogen and oxygen atoms in total. The fourth-order valence-electron chi connectivity index (χ4n) is 0.566. The number of allylic oxidation sites excluding steroid dienone is 1. The van der Waals surface area contributed by atoms with Crippen molar-refractivity contribution in [3.63, 3.8) is 0 Å². The summed E-state index contributed by atoms with van der Waals surface area (Å²) in [5.74, 6) is 1.52. The lowest BCUT2D eigenvalue weighted by Crippen LogP contribution is -1.97. The predicted octanol–water partition coefficient (Wildman–Crippen LogP) is 0.464. The molecule has 11 heavy (non-hydrogen) atoms. The van der Waals surface area contributed by atoms with Crippen LogP contribution in [0.5, 0.6) is 0 Å². The van der Waals surface area contributed by atoms with Gasteiger partial charge in [-0.25, -0.2) is 4.98 Å². The summed E-state index contributed by atoms with van der Waals surface area (Å²) < 4.78 is 0. The van der Waals surface area contributed by atoms with Gasteiger partial charge in [-0.2, -0.15) is 0 Å². The lowest BCUT2D eigenvalue weighted by Gasteiger charge is -1.88. The van der Waals surface area contributed by atoms with Crippen molar-refractivity contribution in [1.29, 1.82) is 5.41 Å². The molecular formula is C7H5N3O. The predicted molar refractivity (Wildman–Crippen MR) is 38.7 cm³/mol. The van der Waals surface area contributed by atoms with E-state index in [0.717, 1.165) is 6.08 Å². The van der Waals surface area contributed by atoms with Gasteiger partial charge >= 0.3 is 0 Å². The minimum absolute atomic E-state index is 0.229. The molecule has 0 aromatic carbocycles. The van der Waals surface area contributed by atoms with Gasteiger partial charge in [0.25, 0.3) is 0 Å². The summed E-state index contributed by atoms with van der Waals surface area (Å²) in [5, 5.41) is 6.51. The Bertz CT molecular complexity index is 301. The van der Waals surface area contributed by atoms with Gasteiger partial charge in [-0.15, -0.1) is 0 Å². The Morgan fingerprint density at radius 3 is 3.00 bits per heavy atom. The Balaban J connectivity index is 2.94. The van der Waals surface area contributed by atoms with Crippen molar-refractivity contribution < 1.29 is 4.79 Å². The van der Waals surface area contributed by atoms with E-state index >= 15 is 0 Å². The van der Waals surface area contributed by atoms with Gasteiger partial charge in [0.1, 0.15) is 5.69 Å². The molecule has 1 heterocycles. The average Bonchev–Trinajstić information content (AvgIpc) is 2.07. The molecule has 4 heteroatoms. The number of carbonyl (C=O) groups is 1. The van der Waals surface area contributed by atoms with E-state index in [-0.39, 0.29) is 11.5 Å². The summed E-state index contributed by atoms with van der Waals surface area (Å²) in [4.78, 5) is 18.3. The zero-order chi connectivity index (χ0) is 8.10. The van der Waals surface area contributed by atoms with Gasteiger partial charge in [0, 0.05) is 18.5 Å². The van der Waals surface area contributed by atoms with Crippen LogP contribution in [0.1, 0.15) is 10.5 Å². The Hall–Kier alpha value is -1.80. The van der Waals surface area contributed by atoms with E-state index in [4.69, 9.17) is 5.41 Å². The summed E-state index contributed by atoms with van der Waals surface area (Å²) >= 11 is 0. The molecule has 0 spiro atoms. The number of hydrogen-bond acceptors (Lipinski definition) is 4. The van der Waals surface area contributed by atoms with Crippen LogP contribution in [0.25, 0.3) is 0 Å². The Labute approximate surface area is 63.1 Å². The van der Waals surface area contributed by atoms with E-state index in [1.165, 1.54) is 18.6 Å². The maximum absolute atomic E-state index is 10.9. The average molecular weight is 147 g/mol. The highest BCUT2D eigenvalue weighted by molar-refractivity contribution is 6.07. The van der Waals surface area contributed by atoms with Gasteiger partial charge in [-0.1, -0.05) is 0 Å². The molecule has 0 bridgehead atoms. The maximum Gasteiger partial charge on any atom is 0.214 e. The number of rotatable bonds is 2. The third-order valence-electron chi connectivity index (χ3n) is 1.02. The quantitative estimate of drug-likeness (QED) is 0.375. The number of nitrogens with zero attached hydrogens (tertiary/aromatic N) is 2. The zero-order valence-corrected chi connectivity index (χ0v) is 5.61. The highest BCUT2D eigenvalue weighted by Crippen LogP contribution is 1.91. The molecule has 0 unspecified atom stereocenters. The van der Waals surface area contributed by atoms with Gasteiger partial charge in [0.15, 0.2) is 0 Å². The summed E-state index contributed by atoms with van der Waals surface area (Å²) in [6.07, 6.45) is 5.25. The van der Waals surface area contributed by atoms with Crippen LogP contribution in [-0.4, -0.2) is 21.6 Å². The van der Waals surface area contributed by atoms with Crippen LogP contribution in [0.15, 0.2) is 24.7 Å². The smallest absolute Gasteiger partial charge is 0.214 e. The lowest BCUT2D eigenvalue weighted by molar-refractivity contribution is 0.104. The molecule has 1 rings (SSSR count). The van der Waals surface area contributed by atoms with Gasteiger partial charge < -0.3 is 0 Å². The van der Waals surface area contributed by atoms with Crippen LogP contribution in [0.4, 0.5) is 0 Å². The maximum atomic E-state index is 10.9. The first-order chi connectivity index (χ1) is 5.34. The molecular weight excluding hydrogens is 142 g/mol. The Morgan fingerprint density at radius 1 is 1.64 bits per heavy atom. The zero-order valence-electron chi connectivity index (χ0n) is 5.61. The van der Waals surface area contributed by atoms with E-state index in [1.807, 2.05) is 5.87 Å². The highest BCUT2D eigenvalue weighted by Gasteiger charge is 2.00. The van der Waals surface area contributed by atoms with Crippen molar-refractivity contribution in [3.05, 3.63) is 30.4 Å². The molecule has 0 aliphatic carbocycles. The van der Waals surface area contributed by atoms with Crippen LogP contribution in [0.3, 0.4) is 0 Å². The third-order valence-corrected chi connectivity index (χ3v) is 1.02. The minimum Gasteiger partial charge on any atom is -0.287 e. The Morgan fingerprint density at radius 2 is 2.45 bits per heavy atom. The molecule has 0 radical (unpaired) electrons. The molecule has 1 aromatic rings. The van der Waals surface area contributed by atoms with Crippen molar-refractivity contribution in [2.75, 3.05) is 0 Å². The third kappa shape index (κ3) is 1.81.